The number of nitrogens with zero attached hydrogens (tertiary/aromatic N) is 4. The van der Waals surface area contributed by atoms with Crippen LogP contribution >= 0.6 is 15.9 Å². The zero-order chi connectivity index (χ0) is 19.3. The normalized spacial score (nSPS) is 10.6. The van der Waals surface area contributed by atoms with Crippen LogP contribution in [0, 0.1) is 18.3 Å². The number of nitrogens with one attached hydrogen (secondary N) is 1. The Labute approximate surface area is 161 Å². The van der Waals surface area contributed by atoms with E-state index >= 15 is 0 Å². The summed E-state index contributed by atoms with van der Waals surface area (Å²) in [6.45, 7) is 6.23. The number of benzene rings is 2. The summed E-state index contributed by atoms with van der Waals surface area (Å²) in [6, 6.07) is 11.3. The molecular weight excluding hydrogens is 394 g/mol. The number of rotatable bonds is 5. The van der Waals surface area contributed by atoms with E-state index in [1.54, 1.807) is 12.1 Å². The molecule has 0 atom stereocenters. The first kappa shape index (κ1) is 19.6. The number of amides is 1. The number of azo groups is 1. The highest BCUT2D eigenvalue weighted by Crippen LogP contribution is 2.35. The van der Waals surface area contributed by atoms with Crippen molar-refractivity contribution in [1.82, 2.24) is 0 Å². The van der Waals surface area contributed by atoms with Crippen LogP contribution in [-0.2, 0) is 4.79 Å². The van der Waals surface area contributed by atoms with Gasteiger partial charge < -0.3 is 10.2 Å². The summed E-state index contributed by atoms with van der Waals surface area (Å²) in [7, 11) is 1.97. The fourth-order valence-corrected chi connectivity index (χ4v) is 3.00. The lowest BCUT2D eigenvalue weighted by molar-refractivity contribution is -0.114. The van der Waals surface area contributed by atoms with Crippen molar-refractivity contribution in [3.05, 3.63) is 45.9 Å². The molecule has 1 N–H and O–H groups in total. The van der Waals surface area contributed by atoms with Gasteiger partial charge in [0.2, 0.25) is 5.91 Å². The third-order valence-electron chi connectivity index (χ3n) is 3.79. The van der Waals surface area contributed by atoms with Crippen LogP contribution in [0.3, 0.4) is 0 Å². The van der Waals surface area contributed by atoms with Gasteiger partial charge in [-0.25, -0.2) is 0 Å². The molecule has 2 rings (SSSR count). The molecule has 0 aromatic heterocycles. The van der Waals surface area contributed by atoms with E-state index in [-0.39, 0.29) is 5.91 Å². The Kier molecular flexibility index (Phi) is 6.47. The van der Waals surface area contributed by atoms with Gasteiger partial charge >= 0.3 is 0 Å². The standard InChI is InChI=1S/C19H20BrN5O/c1-5-25(4)15-6-7-17(18(10-15)22-13(3)26)23-24-19-14(11-21)8-12(2)9-16(19)20/h6-10H,5H2,1-4H3,(H,22,26). The second-order valence-corrected chi connectivity index (χ2v) is 6.71. The molecule has 0 bridgehead atoms. The van der Waals surface area contributed by atoms with Crippen molar-refractivity contribution in [2.45, 2.75) is 20.8 Å². The van der Waals surface area contributed by atoms with E-state index < -0.39 is 0 Å². The number of carbonyl (C=O) groups is 1. The molecular formula is C19H20BrN5O. The molecule has 0 heterocycles. The Morgan fingerprint density at radius 1 is 1.31 bits per heavy atom. The molecule has 0 saturated heterocycles. The van der Waals surface area contributed by atoms with E-state index in [0.717, 1.165) is 17.8 Å². The molecule has 0 saturated carbocycles. The number of halogens is 1. The average molecular weight is 414 g/mol. The molecule has 0 aliphatic heterocycles. The lowest BCUT2D eigenvalue weighted by Crippen LogP contribution is -2.16. The Bertz CT molecular complexity index is 902. The van der Waals surface area contributed by atoms with E-state index in [9.17, 15) is 10.1 Å². The summed E-state index contributed by atoms with van der Waals surface area (Å²) in [5.41, 5.74) is 3.90. The molecule has 0 unspecified atom stereocenters. The largest absolute Gasteiger partial charge is 0.375 e. The SMILES string of the molecule is CCN(C)c1ccc(N=Nc2c(Br)cc(C)cc2C#N)c(NC(C)=O)c1. The monoisotopic (exact) mass is 413 g/mol. The van der Waals surface area contributed by atoms with Crippen molar-refractivity contribution in [3.8, 4) is 6.07 Å². The molecule has 1 amide bonds. The lowest BCUT2D eigenvalue weighted by atomic mass is 10.1. The lowest BCUT2D eigenvalue weighted by Gasteiger charge is -2.18. The van der Waals surface area contributed by atoms with E-state index in [0.29, 0.717) is 27.1 Å². The van der Waals surface area contributed by atoms with Crippen molar-refractivity contribution >= 4 is 44.6 Å². The highest BCUT2D eigenvalue weighted by Gasteiger charge is 2.10. The Balaban J connectivity index is 2.47. The van der Waals surface area contributed by atoms with Gasteiger partial charge in [0.1, 0.15) is 17.4 Å². The number of anilines is 2. The molecule has 0 spiro atoms. The maximum Gasteiger partial charge on any atom is 0.221 e. The highest BCUT2D eigenvalue weighted by molar-refractivity contribution is 9.10. The maximum absolute atomic E-state index is 11.5. The predicted molar refractivity (Wildman–Crippen MR) is 107 cm³/mol. The molecule has 6 nitrogen and oxygen atoms in total. The summed E-state index contributed by atoms with van der Waals surface area (Å²) in [5.74, 6) is -0.188. The van der Waals surface area contributed by atoms with E-state index in [2.05, 4.69) is 42.4 Å². The van der Waals surface area contributed by atoms with Crippen LogP contribution in [0.5, 0.6) is 0 Å². The molecule has 134 valence electrons. The summed E-state index contributed by atoms with van der Waals surface area (Å²) in [4.78, 5) is 13.6. The Hall–Kier alpha value is -2.72. The van der Waals surface area contributed by atoms with E-state index in [1.807, 2.05) is 39.1 Å². The minimum Gasteiger partial charge on any atom is -0.375 e. The smallest absolute Gasteiger partial charge is 0.221 e. The van der Waals surface area contributed by atoms with Crippen molar-refractivity contribution in [2.75, 3.05) is 23.8 Å². The molecule has 26 heavy (non-hydrogen) atoms. The van der Waals surface area contributed by atoms with Gasteiger partial charge in [0, 0.05) is 30.7 Å². The quantitative estimate of drug-likeness (QED) is 0.660. The first-order valence-corrected chi connectivity index (χ1v) is 8.89. The summed E-state index contributed by atoms with van der Waals surface area (Å²) in [6.07, 6.45) is 0. The van der Waals surface area contributed by atoms with Crippen LogP contribution < -0.4 is 10.2 Å². The third-order valence-corrected chi connectivity index (χ3v) is 4.40. The van der Waals surface area contributed by atoms with Crippen LogP contribution in [0.2, 0.25) is 0 Å². The molecule has 2 aromatic carbocycles. The van der Waals surface area contributed by atoms with Crippen LogP contribution in [0.15, 0.2) is 45.0 Å². The summed E-state index contributed by atoms with van der Waals surface area (Å²) < 4.78 is 0.696. The van der Waals surface area contributed by atoms with Gasteiger partial charge in [-0.3, -0.25) is 4.79 Å². The molecule has 0 aliphatic carbocycles. The molecule has 0 fully saturated rings. The number of aryl methyl sites for hydroxylation is 1. The topological polar surface area (TPSA) is 80.8 Å². The van der Waals surface area contributed by atoms with Gasteiger partial charge in [-0.2, -0.15) is 5.26 Å². The van der Waals surface area contributed by atoms with Gasteiger partial charge in [0.15, 0.2) is 0 Å². The minimum absolute atomic E-state index is 0.188. The zero-order valence-electron chi connectivity index (χ0n) is 15.2. The molecule has 0 radical (unpaired) electrons. The fourth-order valence-electron chi connectivity index (χ4n) is 2.35. The zero-order valence-corrected chi connectivity index (χ0v) is 16.8. The summed E-state index contributed by atoms with van der Waals surface area (Å²) in [5, 5.41) is 20.6. The highest BCUT2D eigenvalue weighted by atomic mass is 79.9. The predicted octanol–water partition coefficient (Wildman–Crippen LogP) is 5.46. The first-order chi connectivity index (χ1) is 12.3. The second kappa shape index (κ2) is 8.59. The van der Waals surface area contributed by atoms with Crippen LogP contribution in [0.1, 0.15) is 25.0 Å². The van der Waals surface area contributed by atoms with Gasteiger partial charge in [0.25, 0.3) is 0 Å². The molecule has 7 heteroatoms. The first-order valence-electron chi connectivity index (χ1n) is 8.10. The fraction of sp³-hybridized carbons (Fsp3) is 0.263. The number of carbonyl (C=O) groups excluding carboxylic acids is 1. The number of nitriles is 1. The molecule has 2 aromatic rings. The minimum atomic E-state index is -0.188. The third kappa shape index (κ3) is 4.67. The maximum atomic E-state index is 11.5. The van der Waals surface area contributed by atoms with Crippen molar-refractivity contribution in [3.63, 3.8) is 0 Å². The van der Waals surface area contributed by atoms with Crippen LogP contribution in [0.25, 0.3) is 0 Å². The van der Waals surface area contributed by atoms with Gasteiger partial charge in [-0.15, -0.1) is 10.2 Å². The van der Waals surface area contributed by atoms with Crippen molar-refractivity contribution < 1.29 is 4.79 Å². The van der Waals surface area contributed by atoms with Gasteiger partial charge in [0.05, 0.1) is 11.3 Å². The van der Waals surface area contributed by atoms with Crippen LogP contribution in [-0.4, -0.2) is 19.5 Å². The Morgan fingerprint density at radius 3 is 2.65 bits per heavy atom. The second-order valence-electron chi connectivity index (χ2n) is 5.85. The number of hydrogen-bond donors (Lipinski definition) is 1. The Morgan fingerprint density at radius 2 is 2.04 bits per heavy atom. The number of hydrogen-bond acceptors (Lipinski definition) is 5. The summed E-state index contributed by atoms with van der Waals surface area (Å²) >= 11 is 3.43. The van der Waals surface area contributed by atoms with Crippen molar-refractivity contribution in [1.29, 1.82) is 5.26 Å². The van der Waals surface area contributed by atoms with Crippen LogP contribution in [0.4, 0.5) is 22.7 Å². The van der Waals surface area contributed by atoms with Gasteiger partial charge in [-0.1, -0.05) is 0 Å². The average Bonchev–Trinajstić information content (AvgIpc) is 2.59. The molecule has 0 aliphatic rings. The van der Waals surface area contributed by atoms with E-state index in [1.165, 1.54) is 6.92 Å². The van der Waals surface area contributed by atoms with Crippen molar-refractivity contribution in [2.24, 2.45) is 10.2 Å². The van der Waals surface area contributed by atoms with E-state index in [4.69, 9.17) is 0 Å². The van der Waals surface area contributed by atoms with Gasteiger partial charge in [-0.05, 0) is 65.7 Å².